The maximum Gasteiger partial charge on any atom is 0.151 e. The maximum absolute atomic E-state index is 12.0. The van der Waals surface area contributed by atoms with Crippen molar-refractivity contribution < 1.29 is 8.42 Å². The SMILES string of the molecule is C=CCN(C(c1ccccc1)c1ccccc1)[C@@H]1CCS(=O)(=O)C1. The van der Waals surface area contributed by atoms with E-state index in [9.17, 15) is 8.42 Å². The molecule has 0 bridgehead atoms. The average molecular weight is 341 g/mol. The summed E-state index contributed by atoms with van der Waals surface area (Å²) in [6.07, 6.45) is 2.55. The van der Waals surface area contributed by atoms with Gasteiger partial charge in [-0.25, -0.2) is 8.42 Å². The fourth-order valence-electron chi connectivity index (χ4n) is 3.50. The van der Waals surface area contributed by atoms with Crippen LogP contribution in [0.2, 0.25) is 0 Å². The fourth-order valence-corrected chi connectivity index (χ4v) is 5.24. The zero-order valence-electron chi connectivity index (χ0n) is 13.7. The van der Waals surface area contributed by atoms with Gasteiger partial charge in [0.25, 0.3) is 0 Å². The quantitative estimate of drug-likeness (QED) is 0.755. The monoisotopic (exact) mass is 341 g/mol. The standard InChI is InChI=1S/C20H23NO2S/c1-2-14-21(19-13-15-24(22,23)16-19)20(17-9-5-3-6-10-17)18-11-7-4-8-12-18/h2-12,19-20H,1,13-16H2/t19-/m1/s1. The third kappa shape index (κ3) is 3.77. The molecule has 0 unspecified atom stereocenters. The van der Waals surface area contributed by atoms with E-state index in [2.05, 4.69) is 35.7 Å². The zero-order chi connectivity index (χ0) is 17.0. The van der Waals surface area contributed by atoms with Gasteiger partial charge < -0.3 is 0 Å². The highest BCUT2D eigenvalue weighted by Crippen LogP contribution is 2.33. The smallest absolute Gasteiger partial charge is 0.151 e. The molecule has 3 rings (SSSR count). The van der Waals surface area contributed by atoms with E-state index in [1.807, 2.05) is 42.5 Å². The summed E-state index contributed by atoms with van der Waals surface area (Å²) in [7, 11) is -2.93. The van der Waals surface area contributed by atoms with Crippen LogP contribution < -0.4 is 0 Å². The fraction of sp³-hybridized carbons (Fsp3) is 0.300. The van der Waals surface area contributed by atoms with Crippen LogP contribution in [0.15, 0.2) is 73.3 Å². The van der Waals surface area contributed by atoms with Gasteiger partial charge in [-0.3, -0.25) is 4.90 Å². The van der Waals surface area contributed by atoms with Crippen molar-refractivity contribution in [3.63, 3.8) is 0 Å². The molecule has 0 spiro atoms. The third-order valence-electron chi connectivity index (χ3n) is 4.58. The van der Waals surface area contributed by atoms with Crippen LogP contribution in [0.5, 0.6) is 0 Å². The van der Waals surface area contributed by atoms with Gasteiger partial charge in [-0.15, -0.1) is 6.58 Å². The number of rotatable bonds is 6. The lowest BCUT2D eigenvalue weighted by Gasteiger charge is -2.36. The van der Waals surface area contributed by atoms with E-state index in [4.69, 9.17) is 0 Å². The first-order chi connectivity index (χ1) is 11.6. The van der Waals surface area contributed by atoms with E-state index in [0.717, 1.165) is 0 Å². The van der Waals surface area contributed by atoms with Gasteiger partial charge in [-0.2, -0.15) is 0 Å². The second kappa shape index (κ2) is 7.32. The highest BCUT2D eigenvalue weighted by atomic mass is 32.2. The first kappa shape index (κ1) is 16.9. The first-order valence-electron chi connectivity index (χ1n) is 8.28. The van der Waals surface area contributed by atoms with Crippen molar-refractivity contribution in [3.8, 4) is 0 Å². The molecule has 126 valence electrons. The first-order valence-corrected chi connectivity index (χ1v) is 10.1. The summed E-state index contributed by atoms with van der Waals surface area (Å²) < 4.78 is 24.0. The van der Waals surface area contributed by atoms with Crippen LogP contribution in [0.3, 0.4) is 0 Å². The van der Waals surface area contributed by atoms with Gasteiger partial charge in [-0.1, -0.05) is 66.7 Å². The lowest BCUT2D eigenvalue weighted by molar-refractivity contribution is 0.190. The van der Waals surface area contributed by atoms with Crippen LogP contribution in [0, 0.1) is 0 Å². The number of hydrogen-bond acceptors (Lipinski definition) is 3. The third-order valence-corrected chi connectivity index (χ3v) is 6.33. The van der Waals surface area contributed by atoms with Crippen LogP contribution in [0.4, 0.5) is 0 Å². The molecule has 0 N–H and O–H groups in total. The summed E-state index contributed by atoms with van der Waals surface area (Å²) in [5, 5.41) is 0. The Morgan fingerprint density at radius 3 is 2.00 bits per heavy atom. The largest absolute Gasteiger partial charge is 0.285 e. The molecular formula is C20H23NO2S. The van der Waals surface area contributed by atoms with Crippen molar-refractivity contribution in [2.24, 2.45) is 0 Å². The molecule has 2 aromatic rings. The number of nitrogens with zero attached hydrogens (tertiary/aromatic N) is 1. The molecule has 1 saturated heterocycles. The molecule has 1 atom stereocenters. The summed E-state index contributed by atoms with van der Waals surface area (Å²) in [6.45, 7) is 4.55. The lowest BCUT2D eigenvalue weighted by atomic mass is 9.95. The molecule has 0 aliphatic carbocycles. The van der Waals surface area contributed by atoms with E-state index in [1.165, 1.54) is 11.1 Å². The number of hydrogen-bond donors (Lipinski definition) is 0. The summed E-state index contributed by atoms with van der Waals surface area (Å²) in [5.41, 5.74) is 2.35. The van der Waals surface area contributed by atoms with Crippen LogP contribution in [-0.2, 0) is 9.84 Å². The van der Waals surface area contributed by atoms with Gasteiger partial charge in [-0.05, 0) is 17.5 Å². The molecule has 24 heavy (non-hydrogen) atoms. The molecule has 0 amide bonds. The topological polar surface area (TPSA) is 37.4 Å². The molecule has 3 nitrogen and oxygen atoms in total. The summed E-state index contributed by atoms with van der Waals surface area (Å²) in [6, 6.07) is 20.6. The Hall–Kier alpha value is -1.91. The maximum atomic E-state index is 12.0. The second-order valence-electron chi connectivity index (χ2n) is 6.27. The van der Waals surface area contributed by atoms with Gasteiger partial charge in [0.05, 0.1) is 17.5 Å². The van der Waals surface area contributed by atoms with E-state index < -0.39 is 9.84 Å². The minimum Gasteiger partial charge on any atom is -0.285 e. The van der Waals surface area contributed by atoms with Crippen molar-refractivity contribution in [1.29, 1.82) is 0 Å². The number of benzene rings is 2. The lowest BCUT2D eigenvalue weighted by Crippen LogP contribution is -2.40. The van der Waals surface area contributed by atoms with Gasteiger partial charge in [0.1, 0.15) is 0 Å². The second-order valence-corrected chi connectivity index (χ2v) is 8.49. The summed E-state index contributed by atoms with van der Waals surface area (Å²) in [5.74, 6) is 0.513. The Bertz CT molecular complexity index is 732. The van der Waals surface area contributed by atoms with Crippen molar-refractivity contribution in [2.75, 3.05) is 18.1 Å². The molecule has 1 aliphatic rings. The summed E-state index contributed by atoms with van der Waals surface area (Å²) in [4.78, 5) is 2.28. The molecule has 0 radical (unpaired) electrons. The van der Waals surface area contributed by atoms with E-state index in [0.29, 0.717) is 13.0 Å². The molecule has 4 heteroatoms. The molecule has 1 fully saturated rings. The Labute approximate surface area is 144 Å². The molecular weight excluding hydrogens is 318 g/mol. The van der Waals surface area contributed by atoms with Gasteiger partial charge >= 0.3 is 0 Å². The summed E-state index contributed by atoms with van der Waals surface area (Å²) >= 11 is 0. The van der Waals surface area contributed by atoms with Gasteiger partial charge in [0, 0.05) is 12.6 Å². The minimum absolute atomic E-state index is 0.0263. The van der Waals surface area contributed by atoms with Crippen LogP contribution in [0.25, 0.3) is 0 Å². The molecule has 2 aromatic carbocycles. The Kier molecular flexibility index (Phi) is 5.17. The molecule has 1 heterocycles. The Balaban J connectivity index is 2.03. The average Bonchev–Trinajstić information content (AvgIpc) is 2.96. The minimum atomic E-state index is -2.93. The van der Waals surface area contributed by atoms with Crippen LogP contribution in [-0.4, -0.2) is 37.4 Å². The van der Waals surface area contributed by atoms with E-state index >= 15 is 0 Å². The van der Waals surface area contributed by atoms with Crippen molar-refractivity contribution >= 4 is 9.84 Å². The predicted molar refractivity (Wildman–Crippen MR) is 98.7 cm³/mol. The highest BCUT2D eigenvalue weighted by molar-refractivity contribution is 7.91. The normalized spacial score (nSPS) is 19.7. The Morgan fingerprint density at radius 2 is 1.58 bits per heavy atom. The van der Waals surface area contributed by atoms with Gasteiger partial charge in [0.15, 0.2) is 9.84 Å². The highest BCUT2D eigenvalue weighted by Gasteiger charge is 2.36. The predicted octanol–water partition coefficient (Wildman–Crippen LogP) is 3.45. The van der Waals surface area contributed by atoms with Crippen molar-refractivity contribution in [1.82, 2.24) is 4.90 Å². The van der Waals surface area contributed by atoms with Crippen LogP contribution in [0.1, 0.15) is 23.6 Å². The Morgan fingerprint density at radius 1 is 1.04 bits per heavy atom. The van der Waals surface area contributed by atoms with Crippen molar-refractivity contribution in [3.05, 3.63) is 84.4 Å². The van der Waals surface area contributed by atoms with Crippen LogP contribution >= 0.6 is 0 Å². The van der Waals surface area contributed by atoms with Crippen molar-refractivity contribution in [2.45, 2.75) is 18.5 Å². The molecule has 0 saturated carbocycles. The van der Waals surface area contributed by atoms with Gasteiger partial charge in [0.2, 0.25) is 0 Å². The molecule has 1 aliphatic heterocycles. The molecule has 0 aromatic heterocycles. The van der Waals surface area contributed by atoms with E-state index in [-0.39, 0.29) is 23.6 Å². The van der Waals surface area contributed by atoms with E-state index in [1.54, 1.807) is 0 Å². The zero-order valence-corrected chi connectivity index (χ0v) is 14.5. The number of sulfone groups is 1.